The Morgan fingerprint density at radius 3 is 2.60 bits per heavy atom. The van der Waals surface area contributed by atoms with Gasteiger partial charge in [0.25, 0.3) is 0 Å². The average Bonchev–Trinajstić information content (AvgIpc) is 2.38. The van der Waals surface area contributed by atoms with E-state index in [9.17, 15) is 4.79 Å². The lowest BCUT2D eigenvalue weighted by Crippen LogP contribution is -2.32. The maximum atomic E-state index is 12.1. The van der Waals surface area contributed by atoms with Crippen LogP contribution in [0.25, 0.3) is 0 Å². The van der Waals surface area contributed by atoms with Crippen LogP contribution in [0, 0.1) is 5.92 Å². The number of hydrogen-bond acceptors (Lipinski definition) is 3. The second kappa shape index (κ2) is 8.65. The molecule has 0 amide bonds. The molecule has 0 saturated carbocycles. The van der Waals surface area contributed by atoms with E-state index >= 15 is 0 Å². The van der Waals surface area contributed by atoms with E-state index in [1.165, 1.54) is 0 Å². The Morgan fingerprint density at radius 2 is 2.05 bits per heavy atom. The maximum absolute atomic E-state index is 12.1. The molecule has 0 aliphatic heterocycles. The summed E-state index contributed by atoms with van der Waals surface area (Å²) in [5.41, 5.74) is 0.902. The predicted octanol–water partition coefficient (Wildman–Crippen LogP) is 4.25. The first-order valence-corrected chi connectivity index (χ1v) is 7.89. The molecule has 2 unspecified atom stereocenters. The molecule has 112 valence electrons. The van der Waals surface area contributed by atoms with Crippen LogP contribution in [0.1, 0.15) is 26.3 Å². The molecule has 2 atom stereocenters. The summed E-state index contributed by atoms with van der Waals surface area (Å²) >= 11 is 9.69. The third-order valence-corrected chi connectivity index (χ3v) is 4.17. The highest BCUT2D eigenvalue weighted by molar-refractivity contribution is 9.10. The molecule has 0 fully saturated rings. The van der Waals surface area contributed by atoms with Gasteiger partial charge in [-0.05, 0) is 44.9 Å². The number of rotatable bonds is 7. The van der Waals surface area contributed by atoms with Gasteiger partial charge < -0.3 is 9.47 Å². The summed E-state index contributed by atoms with van der Waals surface area (Å²) < 4.78 is 11.6. The Bertz CT molecular complexity index is 430. The molecule has 0 aliphatic rings. The van der Waals surface area contributed by atoms with Crippen molar-refractivity contribution in [2.24, 2.45) is 5.92 Å². The number of benzene rings is 1. The van der Waals surface area contributed by atoms with Gasteiger partial charge in [0.2, 0.25) is 0 Å². The minimum Gasteiger partial charge on any atom is -0.466 e. The summed E-state index contributed by atoms with van der Waals surface area (Å²) in [7, 11) is 0. The van der Waals surface area contributed by atoms with Gasteiger partial charge in [-0.15, -0.1) is 0 Å². The zero-order valence-electron chi connectivity index (χ0n) is 12.0. The Kier molecular flexibility index (Phi) is 7.56. The molecule has 3 nitrogen and oxygen atoms in total. The number of halogens is 2. The first-order valence-electron chi connectivity index (χ1n) is 6.72. The molecular formula is C15H20BrClO3. The lowest BCUT2D eigenvalue weighted by molar-refractivity contribution is -0.153. The van der Waals surface area contributed by atoms with Crippen LogP contribution in [-0.4, -0.2) is 25.3 Å². The second-order valence-electron chi connectivity index (χ2n) is 4.42. The highest BCUT2D eigenvalue weighted by Gasteiger charge is 2.28. The van der Waals surface area contributed by atoms with Gasteiger partial charge >= 0.3 is 5.97 Å². The van der Waals surface area contributed by atoms with E-state index in [-0.39, 0.29) is 18.0 Å². The van der Waals surface area contributed by atoms with Gasteiger partial charge in [-0.1, -0.05) is 33.6 Å². The fourth-order valence-electron chi connectivity index (χ4n) is 2.02. The average molecular weight is 364 g/mol. The predicted molar refractivity (Wildman–Crippen MR) is 84.1 cm³/mol. The topological polar surface area (TPSA) is 35.5 Å². The normalized spacial score (nSPS) is 13.8. The Morgan fingerprint density at radius 1 is 1.35 bits per heavy atom. The number of carbonyl (C=O) groups excluding carboxylic acids is 1. The summed E-state index contributed by atoms with van der Waals surface area (Å²) in [4.78, 5) is 12.1. The molecule has 1 aromatic carbocycles. The van der Waals surface area contributed by atoms with Gasteiger partial charge in [0.05, 0.1) is 18.6 Å². The van der Waals surface area contributed by atoms with E-state index in [1.807, 2.05) is 32.0 Å². The smallest absolute Gasteiger partial charge is 0.311 e. The third kappa shape index (κ3) is 4.76. The van der Waals surface area contributed by atoms with Crippen LogP contribution >= 0.6 is 27.5 Å². The van der Waals surface area contributed by atoms with Crippen molar-refractivity contribution in [2.45, 2.75) is 33.3 Å². The van der Waals surface area contributed by atoms with Crippen molar-refractivity contribution in [2.75, 3.05) is 13.2 Å². The van der Waals surface area contributed by atoms with Crippen molar-refractivity contribution in [3.8, 4) is 0 Å². The molecule has 0 heterocycles. The number of ether oxygens (including phenoxy) is 2. The van der Waals surface area contributed by atoms with E-state index in [0.29, 0.717) is 24.7 Å². The standard InChI is InChI=1S/C15H20BrClO3/c1-4-19-10(3)11(15(18)20-5-2)9-12-13(16)7-6-8-14(12)17/h6-8,10-11H,4-5,9H2,1-3H3. The van der Waals surface area contributed by atoms with Crippen LogP contribution < -0.4 is 0 Å². The number of hydrogen-bond donors (Lipinski definition) is 0. The molecule has 20 heavy (non-hydrogen) atoms. The molecular weight excluding hydrogens is 344 g/mol. The summed E-state index contributed by atoms with van der Waals surface area (Å²) in [5.74, 6) is -0.619. The largest absolute Gasteiger partial charge is 0.466 e. The lowest BCUT2D eigenvalue weighted by Gasteiger charge is -2.23. The Hall–Kier alpha value is -0.580. The van der Waals surface area contributed by atoms with Crippen LogP contribution in [0.2, 0.25) is 5.02 Å². The van der Waals surface area contributed by atoms with Crippen molar-refractivity contribution < 1.29 is 14.3 Å². The van der Waals surface area contributed by atoms with Crippen LogP contribution in [-0.2, 0) is 20.7 Å². The van der Waals surface area contributed by atoms with Crippen molar-refractivity contribution in [3.05, 3.63) is 33.3 Å². The van der Waals surface area contributed by atoms with E-state index < -0.39 is 0 Å². The van der Waals surface area contributed by atoms with E-state index in [4.69, 9.17) is 21.1 Å². The van der Waals surface area contributed by atoms with E-state index in [2.05, 4.69) is 15.9 Å². The molecule has 0 radical (unpaired) electrons. The fourth-order valence-corrected chi connectivity index (χ4v) is 2.91. The Balaban J connectivity index is 2.96. The zero-order valence-corrected chi connectivity index (χ0v) is 14.3. The first-order chi connectivity index (χ1) is 9.51. The highest BCUT2D eigenvalue weighted by Crippen LogP contribution is 2.29. The summed E-state index contributed by atoms with van der Waals surface area (Å²) in [6.07, 6.45) is 0.266. The molecule has 5 heteroatoms. The maximum Gasteiger partial charge on any atom is 0.311 e. The minimum atomic E-state index is -0.369. The third-order valence-electron chi connectivity index (χ3n) is 3.07. The van der Waals surface area contributed by atoms with Gasteiger partial charge in [0, 0.05) is 16.1 Å². The Labute approximate surface area is 133 Å². The number of carbonyl (C=O) groups is 1. The first kappa shape index (κ1) is 17.5. The van der Waals surface area contributed by atoms with Gasteiger partial charge in [0.15, 0.2) is 0 Å². The summed E-state index contributed by atoms with van der Waals surface area (Å²) in [6, 6.07) is 5.59. The molecule has 0 spiro atoms. The van der Waals surface area contributed by atoms with Crippen molar-refractivity contribution in [1.82, 2.24) is 0 Å². The highest BCUT2D eigenvalue weighted by atomic mass is 79.9. The number of esters is 1. The van der Waals surface area contributed by atoms with E-state index in [0.717, 1.165) is 10.0 Å². The minimum absolute atomic E-state index is 0.220. The monoisotopic (exact) mass is 362 g/mol. The van der Waals surface area contributed by atoms with Crippen LogP contribution in [0.3, 0.4) is 0 Å². The molecule has 0 aliphatic carbocycles. The molecule has 0 aromatic heterocycles. The van der Waals surface area contributed by atoms with Crippen molar-refractivity contribution >= 4 is 33.5 Å². The lowest BCUT2D eigenvalue weighted by atomic mass is 9.94. The van der Waals surface area contributed by atoms with Gasteiger partial charge in [-0.25, -0.2) is 0 Å². The fraction of sp³-hybridized carbons (Fsp3) is 0.533. The molecule has 1 aromatic rings. The summed E-state index contributed by atoms with van der Waals surface area (Å²) in [5, 5.41) is 0.636. The summed E-state index contributed by atoms with van der Waals surface area (Å²) in [6.45, 7) is 6.50. The quantitative estimate of drug-likeness (QED) is 0.679. The zero-order chi connectivity index (χ0) is 15.1. The van der Waals surface area contributed by atoms with E-state index in [1.54, 1.807) is 6.92 Å². The van der Waals surface area contributed by atoms with Gasteiger partial charge in [-0.2, -0.15) is 0 Å². The van der Waals surface area contributed by atoms with Gasteiger partial charge in [0.1, 0.15) is 0 Å². The molecule has 0 N–H and O–H groups in total. The van der Waals surface area contributed by atoms with Gasteiger partial charge in [-0.3, -0.25) is 4.79 Å². The second-order valence-corrected chi connectivity index (χ2v) is 5.68. The molecule has 0 bridgehead atoms. The van der Waals surface area contributed by atoms with Crippen LogP contribution in [0.15, 0.2) is 22.7 Å². The van der Waals surface area contributed by atoms with Crippen molar-refractivity contribution in [1.29, 1.82) is 0 Å². The molecule has 0 saturated heterocycles. The SMILES string of the molecule is CCOC(=O)C(Cc1c(Cl)cccc1Br)C(C)OCC. The van der Waals surface area contributed by atoms with Crippen molar-refractivity contribution in [3.63, 3.8) is 0 Å². The van der Waals surface area contributed by atoms with Crippen LogP contribution in [0.5, 0.6) is 0 Å². The van der Waals surface area contributed by atoms with Crippen LogP contribution in [0.4, 0.5) is 0 Å². The molecule has 1 rings (SSSR count).